The number of methoxy groups -OCH3 is 1. The minimum absolute atomic E-state index is 0.282. The molecule has 3 aromatic rings. The lowest BCUT2D eigenvalue weighted by Crippen LogP contribution is -2.38. The van der Waals surface area contributed by atoms with Gasteiger partial charge in [0.15, 0.2) is 5.96 Å². The molecular formula is C23H27FN4O2. The Morgan fingerprint density at radius 3 is 2.53 bits per heavy atom. The third-order valence-electron chi connectivity index (χ3n) is 4.49. The van der Waals surface area contributed by atoms with Gasteiger partial charge in [0, 0.05) is 31.6 Å². The Hall–Kier alpha value is -3.35. The molecule has 0 unspecified atom stereocenters. The van der Waals surface area contributed by atoms with E-state index in [-0.39, 0.29) is 5.82 Å². The molecule has 2 N–H and O–H groups in total. The Morgan fingerprint density at radius 1 is 1.07 bits per heavy atom. The molecule has 1 aromatic heterocycles. The van der Waals surface area contributed by atoms with E-state index in [0.29, 0.717) is 18.9 Å². The SMILES string of the molecule is CCNC(=NCCc1coc(-c2ccc(F)cc2)n1)NCCc1ccc(OC)cc1. The number of nitrogens with one attached hydrogen (secondary N) is 2. The van der Waals surface area contributed by atoms with Crippen LogP contribution in [0.1, 0.15) is 18.2 Å². The van der Waals surface area contributed by atoms with E-state index in [1.807, 2.05) is 19.1 Å². The highest BCUT2D eigenvalue weighted by molar-refractivity contribution is 5.79. The first-order chi connectivity index (χ1) is 14.7. The monoisotopic (exact) mass is 410 g/mol. The molecule has 1 heterocycles. The summed E-state index contributed by atoms with van der Waals surface area (Å²) in [6, 6.07) is 14.1. The Morgan fingerprint density at radius 2 is 1.83 bits per heavy atom. The normalized spacial score (nSPS) is 11.4. The van der Waals surface area contributed by atoms with E-state index in [9.17, 15) is 4.39 Å². The number of oxazole rings is 1. The van der Waals surface area contributed by atoms with Gasteiger partial charge in [-0.15, -0.1) is 0 Å². The van der Waals surface area contributed by atoms with Crippen LogP contribution in [-0.2, 0) is 12.8 Å². The number of aromatic nitrogens is 1. The summed E-state index contributed by atoms with van der Waals surface area (Å²) in [6.07, 6.45) is 3.16. The molecule has 0 bridgehead atoms. The van der Waals surface area contributed by atoms with Gasteiger partial charge in [-0.05, 0) is 55.3 Å². The van der Waals surface area contributed by atoms with Gasteiger partial charge < -0.3 is 19.8 Å². The van der Waals surface area contributed by atoms with Gasteiger partial charge in [-0.3, -0.25) is 4.99 Å². The van der Waals surface area contributed by atoms with Crippen molar-refractivity contribution in [3.8, 4) is 17.2 Å². The van der Waals surface area contributed by atoms with E-state index in [1.54, 1.807) is 25.5 Å². The molecule has 0 aliphatic carbocycles. The zero-order valence-electron chi connectivity index (χ0n) is 17.3. The summed E-state index contributed by atoms with van der Waals surface area (Å²) in [4.78, 5) is 9.06. The summed E-state index contributed by atoms with van der Waals surface area (Å²) in [5.41, 5.74) is 2.79. The summed E-state index contributed by atoms with van der Waals surface area (Å²) in [7, 11) is 1.67. The molecule has 0 aliphatic rings. The molecule has 0 spiro atoms. The Kier molecular flexibility index (Phi) is 7.83. The van der Waals surface area contributed by atoms with Crippen molar-refractivity contribution in [1.29, 1.82) is 0 Å². The second-order valence-corrected chi connectivity index (χ2v) is 6.69. The molecule has 6 nitrogen and oxygen atoms in total. The molecule has 7 heteroatoms. The maximum Gasteiger partial charge on any atom is 0.226 e. The number of benzene rings is 2. The van der Waals surface area contributed by atoms with Gasteiger partial charge in [-0.2, -0.15) is 0 Å². The van der Waals surface area contributed by atoms with Crippen molar-refractivity contribution >= 4 is 5.96 Å². The highest BCUT2D eigenvalue weighted by atomic mass is 19.1. The van der Waals surface area contributed by atoms with Gasteiger partial charge in [0.05, 0.1) is 12.8 Å². The third-order valence-corrected chi connectivity index (χ3v) is 4.49. The summed E-state index contributed by atoms with van der Waals surface area (Å²) < 4.78 is 23.7. The van der Waals surface area contributed by atoms with E-state index < -0.39 is 0 Å². The van der Waals surface area contributed by atoms with Crippen LogP contribution in [0.2, 0.25) is 0 Å². The van der Waals surface area contributed by atoms with E-state index in [2.05, 4.69) is 32.7 Å². The highest BCUT2D eigenvalue weighted by Gasteiger charge is 2.07. The van der Waals surface area contributed by atoms with Gasteiger partial charge in [-0.25, -0.2) is 9.37 Å². The zero-order chi connectivity index (χ0) is 21.2. The molecule has 0 aliphatic heterocycles. The minimum Gasteiger partial charge on any atom is -0.497 e. The first-order valence-corrected chi connectivity index (χ1v) is 10.0. The smallest absolute Gasteiger partial charge is 0.226 e. The van der Waals surface area contributed by atoms with Crippen LogP contribution in [0, 0.1) is 5.82 Å². The van der Waals surface area contributed by atoms with Crippen molar-refractivity contribution in [2.24, 2.45) is 4.99 Å². The molecule has 0 radical (unpaired) electrons. The molecular weight excluding hydrogens is 383 g/mol. The molecule has 0 saturated carbocycles. The second-order valence-electron chi connectivity index (χ2n) is 6.69. The largest absolute Gasteiger partial charge is 0.497 e. The maximum atomic E-state index is 13.0. The lowest BCUT2D eigenvalue weighted by atomic mass is 10.1. The average Bonchev–Trinajstić information content (AvgIpc) is 3.23. The Balaban J connectivity index is 1.48. The van der Waals surface area contributed by atoms with Crippen molar-refractivity contribution in [3.05, 3.63) is 71.9 Å². The number of aliphatic imine (C=N–C) groups is 1. The van der Waals surface area contributed by atoms with Crippen LogP contribution < -0.4 is 15.4 Å². The average molecular weight is 410 g/mol. The Labute approximate surface area is 176 Å². The summed E-state index contributed by atoms with van der Waals surface area (Å²) >= 11 is 0. The van der Waals surface area contributed by atoms with Crippen LogP contribution in [0.4, 0.5) is 4.39 Å². The predicted molar refractivity (Wildman–Crippen MR) is 116 cm³/mol. The van der Waals surface area contributed by atoms with E-state index >= 15 is 0 Å². The van der Waals surface area contributed by atoms with Gasteiger partial charge in [0.25, 0.3) is 0 Å². The van der Waals surface area contributed by atoms with Crippen molar-refractivity contribution in [3.63, 3.8) is 0 Å². The summed E-state index contributed by atoms with van der Waals surface area (Å²) in [6.45, 7) is 4.17. The van der Waals surface area contributed by atoms with Crippen LogP contribution in [0.25, 0.3) is 11.5 Å². The first kappa shape index (κ1) is 21.4. The van der Waals surface area contributed by atoms with Gasteiger partial charge in [-0.1, -0.05) is 12.1 Å². The molecule has 158 valence electrons. The van der Waals surface area contributed by atoms with Crippen LogP contribution >= 0.6 is 0 Å². The molecule has 0 saturated heterocycles. The highest BCUT2D eigenvalue weighted by Crippen LogP contribution is 2.19. The van der Waals surface area contributed by atoms with Crippen LogP contribution in [-0.4, -0.2) is 37.7 Å². The first-order valence-electron chi connectivity index (χ1n) is 10.0. The van der Waals surface area contributed by atoms with Crippen molar-refractivity contribution in [1.82, 2.24) is 15.6 Å². The lowest BCUT2D eigenvalue weighted by molar-refractivity contribution is 0.414. The van der Waals surface area contributed by atoms with Gasteiger partial charge >= 0.3 is 0 Å². The molecule has 0 atom stereocenters. The number of hydrogen-bond acceptors (Lipinski definition) is 4. The lowest BCUT2D eigenvalue weighted by Gasteiger charge is -2.11. The maximum absolute atomic E-state index is 13.0. The predicted octanol–water partition coefficient (Wildman–Crippen LogP) is 3.83. The number of guanidine groups is 1. The summed E-state index contributed by atoms with van der Waals surface area (Å²) in [5.74, 6) is 1.83. The quantitative estimate of drug-likeness (QED) is 0.414. The van der Waals surface area contributed by atoms with Crippen LogP contribution in [0.15, 0.2) is 64.2 Å². The van der Waals surface area contributed by atoms with E-state index in [0.717, 1.165) is 42.5 Å². The number of halogens is 1. The van der Waals surface area contributed by atoms with Crippen molar-refractivity contribution in [2.45, 2.75) is 19.8 Å². The van der Waals surface area contributed by atoms with Crippen molar-refractivity contribution in [2.75, 3.05) is 26.7 Å². The van der Waals surface area contributed by atoms with Crippen LogP contribution in [0.5, 0.6) is 5.75 Å². The standard InChI is InChI=1S/C23H27FN4O2/c1-3-25-23(26-14-12-17-4-10-21(29-2)11-5-17)27-15-13-20-16-30-22(28-20)18-6-8-19(24)9-7-18/h4-11,16H,3,12-15H2,1-2H3,(H2,25,26,27). The number of rotatable bonds is 9. The van der Waals surface area contributed by atoms with Gasteiger partial charge in [0.1, 0.15) is 17.8 Å². The second kappa shape index (κ2) is 11.0. The van der Waals surface area contributed by atoms with Crippen molar-refractivity contribution < 1.29 is 13.5 Å². The topological polar surface area (TPSA) is 71.7 Å². The van der Waals surface area contributed by atoms with E-state index in [1.165, 1.54) is 17.7 Å². The number of nitrogens with zero attached hydrogens (tertiary/aromatic N) is 2. The zero-order valence-corrected chi connectivity index (χ0v) is 17.3. The van der Waals surface area contributed by atoms with E-state index in [4.69, 9.17) is 9.15 Å². The fourth-order valence-corrected chi connectivity index (χ4v) is 2.89. The fraction of sp³-hybridized carbons (Fsp3) is 0.304. The Bertz CT molecular complexity index is 937. The molecule has 30 heavy (non-hydrogen) atoms. The molecule has 0 amide bonds. The number of ether oxygens (including phenoxy) is 1. The molecule has 2 aromatic carbocycles. The number of hydrogen-bond donors (Lipinski definition) is 2. The summed E-state index contributed by atoms with van der Waals surface area (Å²) in [5, 5.41) is 6.60. The third kappa shape index (κ3) is 6.34. The van der Waals surface area contributed by atoms with Crippen LogP contribution in [0.3, 0.4) is 0 Å². The van der Waals surface area contributed by atoms with Gasteiger partial charge in [0.2, 0.25) is 5.89 Å². The fourth-order valence-electron chi connectivity index (χ4n) is 2.89. The molecule has 0 fully saturated rings. The minimum atomic E-state index is -0.282. The molecule has 3 rings (SSSR count).